The molecular weight excluding hydrogens is 379 g/mol. The fourth-order valence-electron chi connectivity index (χ4n) is 3.02. The fraction of sp³-hybridized carbons (Fsp3) is 0.300. The largest absolute Gasteiger partial charge is 0.313 e. The van der Waals surface area contributed by atoms with Gasteiger partial charge in [0.05, 0.1) is 24.1 Å². The molecular formula is C20H23FN4O2S. The van der Waals surface area contributed by atoms with Gasteiger partial charge in [0.15, 0.2) is 0 Å². The van der Waals surface area contributed by atoms with Crippen molar-refractivity contribution in [3.8, 4) is 0 Å². The van der Waals surface area contributed by atoms with Gasteiger partial charge in [-0.3, -0.25) is 9.88 Å². The molecule has 0 N–H and O–H groups in total. The van der Waals surface area contributed by atoms with Crippen LogP contribution in [0.15, 0.2) is 60.0 Å². The van der Waals surface area contributed by atoms with Gasteiger partial charge in [-0.1, -0.05) is 24.3 Å². The minimum Gasteiger partial charge on any atom is -0.313 e. The Morgan fingerprint density at radius 3 is 2.50 bits per heavy atom. The first-order valence-electron chi connectivity index (χ1n) is 8.86. The highest BCUT2D eigenvalue weighted by molar-refractivity contribution is 7.90. The molecule has 0 aliphatic heterocycles. The molecule has 0 saturated carbocycles. The molecule has 0 saturated heterocycles. The third-order valence-corrected chi connectivity index (χ3v) is 5.70. The van der Waals surface area contributed by atoms with Crippen LogP contribution in [-0.4, -0.2) is 41.2 Å². The third kappa shape index (κ3) is 4.45. The second-order valence-corrected chi connectivity index (χ2v) is 8.74. The molecule has 0 fully saturated rings. The number of nitrogens with zero attached hydrogens (tertiary/aromatic N) is 4. The lowest BCUT2D eigenvalue weighted by molar-refractivity contribution is 0.242. The van der Waals surface area contributed by atoms with E-state index in [-0.39, 0.29) is 23.6 Å². The van der Waals surface area contributed by atoms with Crippen LogP contribution < -0.4 is 0 Å². The van der Waals surface area contributed by atoms with Crippen LogP contribution in [0.1, 0.15) is 29.9 Å². The van der Waals surface area contributed by atoms with Crippen LogP contribution in [0.5, 0.6) is 0 Å². The minimum atomic E-state index is -3.56. The van der Waals surface area contributed by atoms with Gasteiger partial charge in [0.2, 0.25) is 15.0 Å². The van der Waals surface area contributed by atoms with Crippen molar-refractivity contribution in [2.45, 2.75) is 31.2 Å². The number of benzene rings is 1. The summed E-state index contributed by atoms with van der Waals surface area (Å²) in [6, 6.07) is 12.1. The zero-order valence-corrected chi connectivity index (χ0v) is 16.9. The SMILES string of the molecule is C[C@H](c1ccccn1)N(C)Cc1cnc(S(C)(=O)=O)n1Cc1ccccc1F. The van der Waals surface area contributed by atoms with Crippen LogP contribution in [0.4, 0.5) is 4.39 Å². The van der Waals surface area contributed by atoms with E-state index in [1.165, 1.54) is 6.07 Å². The van der Waals surface area contributed by atoms with Crippen molar-refractivity contribution >= 4 is 9.84 Å². The Morgan fingerprint density at radius 2 is 1.86 bits per heavy atom. The number of hydrogen-bond acceptors (Lipinski definition) is 5. The van der Waals surface area contributed by atoms with E-state index < -0.39 is 9.84 Å². The van der Waals surface area contributed by atoms with E-state index in [9.17, 15) is 12.8 Å². The molecule has 0 spiro atoms. The highest BCUT2D eigenvalue weighted by atomic mass is 32.2. The van der Waals surface area contributed by atoms with E-state index in [0.29, 0.717) is 17.8 Å². The van der Waals surface area contributed by atoms with Crippen molar-refractivity contribution in [3.05, 3.63) is 77.6 Å². The maximum Gasteiger partial charge on any atom is 0.227 e. The summed E-state index contributed by atoms with van der Waals surface area (Å²) in [4.78, 5) is 10.5. The number of sulfone groups is 1. The van der Waals surface area contributed by atoms with Crippen molar-refractivity contribution in [3.63, 3.8) is 0 Å². The van der Waals surface area contributed by atoms with E-state index in [2.05, 4.69) is 9.97 Å². The predicted octanol–water partition coefficient (Wildman–Crippen LogP) is 3.06. The second-order valence-electron chi connectivity index (χ2n) is 6.83. The van der Waals surface area contributed by atoms with Gasteiger partial charge in [-0.15, -0.1) is 0 Å². The van der Waals surface area contributed by atoms with Gasteiger partial charge in [-0.2, -0.15) is 0 Å². The lowest BCUT2D eigenvalue weighted by Gasteiger charge is -2.25. The standard InChI is InChI=1S/C20H23FN4O2S/c1-15(19-10-6-7-11-22-19)24(2)14-17-12-23-20(28(3,26)27)25(17)13-16-8-4-5-9-18(16)21/h4-12,15H,13-14H2,1-3H3/t15-/m1/s1. The van der Waals surface area contributed by atoms with Gasteiger partial charge in [-0.05, 0) is 32.2 Å². The molecule has 148 valence electrons. The molecule has 1 aromatic carbocycles. The number of pyridine rings is 1. The minimum absolute atomic E-state index is 0.0136. The van der Waals surface area contributed by atoms with E-state index >= 15 is 0 Å². The van der Waals surface area contributed by atoms with Crippen molar-refractivity contribution in [1.29, 1.82) is 0 Å². The predicted molar refractivity (Wildman–Crippen MR) is 105 cm³/mol. The summed E-state index contributed by atoms with van der Waals surface area (Å²) >= 11 is 0. The van der Waals surface area contributed by atoms with Crippen LogP contribution in [0.25, 0.3) is 0 Å². The molecule has 2 aromatic heterocycles. The van der Waals surface area contributed by atoms with Crippen molar-refractivity contribution in [1.82, 2.24) is 19.4 Å². The smallest absolute Gasteiger partial charge is 0.227 e. The topological polar surface area (TPSA) is 68.1 Å². The van der Waals surface area contributed by atoms with E-state index in [0.717, 1.165) is 11.9 Å². The lowest BCUT2D eigenvalue weighted by atomic mass is 10.2. The Labute approximate surface area is 164 Å². The number of rotatable bonds is 7. The number of imidazole rings is 1. The highest BCUT2D eigenvalue weighted by Crippen LogP contribution is 2.22. The Bertz CT molecular complexity index is 1050. The average Bonchev–Trinajstić information content (AvgIpc) is 3.06. The number of halogens is 1. The van der Waals surface area contributed by atoms with E-state index in [4.69, 9.17) is 0 Å². The van der Waals surface area contributed by atoms with Crippen LogP contribution in [0.2, 0.25) is 0 Å². The Balaban J connectivity index is 1.93. The highest BCUT2D eigenvalue weighted by Gasteiger charge is 2.22. The van der Waals surface area contributed by atoms with E-state index in [1.54, 1.807) is 35.2 Å². The van der Waals surface area contributed by atoms with Gasteiger partial charge >= 0.3 is 0 Å². The molecule has 2 heterocycles. The summed E-state index contributed by atoms with van der Waals surface area (Å²) in [6.45, 7) is 2.56. The number of aromatic nitrogens is 3. The Kier molecular flexibility index (Phi) is 5.90. The van der Waals surface area contributed by atoms with E-state index in [1.807, 2.05) is 37.1 Å². The van der Waals surface area contributed by atoms with Crippen LogP contribution in [0.3, 0.4) is 0 Å². The van der Waals surface area contributed by atoms with Crippen LogP contribution in [-0.2, 0) is 22.9 Å². The van der Waals surface area contributed by atoms with Gasteiger partial charge < -0.3 is 4.57 Å². The molecule has 0 bridgehead atoms. The average molecular weight is 402 g/mol. The molecule has 28 heavy (non-hydrogen) atoms. The number of hydrogen-bond donors (Lipinski definition) is 0. The molecule has 0 radical (unpaired) electrons. The lowest BCUT2D eigenvalue weighted by Crippen LogP contribution is -2.25. The quantitative estimate of drug-likeness (QED) is 0.608. The van der Waals surface area contributed by atoms with Gasteiger partial charge in [0.25, 0.3) is 0 Å². The first-order valence-corrected chi connectivity index (χ1v) is 10.8. The molecule has 3 rings (SSSR count). The first kappa shape index (κ1) is 20.2. The maximum atomic E-state index is 14.2. The molecule has 3 aromatic rings. The summed E-state index contributed by atoms with van der Waals surface area (Å²) in [5, 5.41) is -0.0651. The summed E-state index contributed by atoms with van der Waals surface area (Å²) in [5.41, 5.74) is 2.01. The van der Waals surface area contributed by atoms with Gasteiger partial charge in [0.1, 0.15) is 5.82 Å². The summed E-state index contributed by atoms with van der Waals surface area (Å²) in [7, 11) is -1.62. The Morgan fingerprint density at radius 1 is 1.14 bits per heavy atom. The molecule has 0 amide bonds. The molecule has 6 nitrogen and oxygen atoms in total. The maximum absolute atomic E-state index is 14.2. The van der Waals surface area contributed by atoms with Gasteiger partial charge in [-0.25, -0.2) is 17.8 Å². The summed E-state index contributed by atoms with van der Waals surface area (Å²) in [5.74, 6) is -0.378. The fourth-order valence-corrected chi connectivity index (χ4v) is 3.85. The molecule has 1 atom stereocenters. The third-order valence-electron chi connectivity index (χ3n) is 4.71. The van der Waals surface area contributed by atoms with Crippen LogP contribution >= 0.6 is 0 Å². The van der Waals surface area contributed by atoms with Gasteiger partial charge in [0, 0.05) is 30.6 Å². The summed E-state index contributed by atoms with van der Waals surface area (Å²) in [6.07, 6.45) is 4.39. The second kappa shape index (κ2) is 8.20. The molecule has 0 unspecified atom stereocenters. The Hall–Kier alpha value is -2.58. The zero-order valence-electron chi connectivity index (χ0n) is 16.1. The molecule has 8 heteroatoms. The van der Waals surface area contributed by atoms with Crippen molar-refractivity contribution in [2.24, 2.45) is 0 Å². The van der Waals surface area contributed by atoms with Crippen molar-refractivity contribution < 1.29 is 12.8 Å². The van der Waals surface area contributed by atoms with Crippen molar-refractivity contribution in [2.75, 3.05) is 13.3 Å². The summed E-state index contributed by atoms with van der Waals surface area (Å²) < 4.78 is 40.1. The molecule has 0 aliphatic carbocycles. The zero-order chi connectivity index (χ0) is 20.3. The molecule has 0 aliphatic rings. The first-order chi connectivity index (χ1) is 13.3. The van der Waals surface area contributed by atoms with Crippen LogP contribution in [0, 0.1) is 5.82 Å². The monoisotopic (exact) mass is 402 g/mol. The normalized spacial score (nSPS) is 13.0.